The fourth-order valence-corrected chi connectivity index (χ4v) is 10.3. The van der Waals surface area contributed by atoms with Crippen LogP contribution in [0.1, 0.15) is 169 Å². The number of rotatable bonds is 26. The van der Waals surface area contributed by atoms with Crippen molar-refractivity contribution in [1.29, 1.82) is 0 Å². The van der Waals surface area contributed by atoms with E-state index in [2.05, 4.69) is 27.7 Å². The van der Waals surface area contributed by atoms with Crippen molar-refractivity contribution < 1.29 is 13.0 Å². The molecule has 0 saturated heterocycles. The maximum absolute atomic E-state index is 9.08. The number of hydrogen-bond donors (Lipinski definition) is 0. The molecule has 0 aliphatic heterocycles. The van der Waals surface area contributed by atoms with Gasteiger partial charge < -0.3 is 4.55 Å². The second-order valence-corrected chi connectivity index (χ2v) is 17.2. The molecule has 0 heterocycles. The summed E-state index contributed by atoms with van der Waals surface area (Å²) < 4.78 is 27.2. The van der Waals surface area contributed by atoms with Crippen molar-refractivity contribution in [3.63, 3.8) is 0 Å². The molecule has 0 amide bonds. The van der Waals surface area contributed by atoms with Crippen molar-refractivity contribution in [1.82, 2.24) is 0 Å². The summed E-state index contributed by atoms with van der Waals surface area (Å²) in [6.45, 7) is 9.48. The summed E-state index contributed by atoms with van der Waals surface area (Å²) in [4.78, 5) is 0. The van der Waals surface area contributed by atoms with Gasteiger partial charge in [-0.05, 0) is 32.1 Å². The second-order valence-electron chi connectivity index (χ2n) is 11.3. The Morgan fingerprint density at radius 1 is 0.417 bits per heavy atom. The van der Waals surface area contributed by atoms with Crippen molar-refractivity contribution in [3.05, 3.63) is 0 Å². The largest absolute Gasteiger partial charge is 0.748 e. The van der Waals surface area contributed by atoms with Crippen LogP contribution in [0.25, 0.3) is 0 Å². The van der Waals surface area contributed by atoms with E-state index in [4.69, 9.17) is 13.0 Å². The van der Waals surface area contributed by atoms with Gasteiger partial charge in [0.05, 0.1) is 34.8 Å². The molecule has 0 aliphatic carbocycles. The summed E-state index contributed by atoms with van der Waals surface area (Å²) in [5, 5.41) is 0. The lowest BCUT2D eigenvalue weighted by Gasteiger charge is -2.28. The maximum atomic E-state index is 9.08. The fourth-order valence-electron chi connectivity index (χ4n) is 5.15. The van der Waals surface area contributed by atoms with Crippen LogP contribution in [-0.4, -0.2) is 43.9 Å². The molecule has 0 aliphatic rings. The van der Waals surface area contributed by atoms with E-state index in [0.29, 0.717) is 6.26 Å². The van der Waals surface area contributed by atoms with E-state index in [1.807, 2.05) is 0 Å². The topological polar surface area (TPSA) is 57.2 Å². The van der Waals surface area contributed by atoms with Crippen LogP contribution in [0.2, 0.25) is 0 Å². The molecule has 3 nitrogen and oxygen atoms in total. The van der Waals surface area contributed by atoms with Crippen molar-refractivity contribution >= 4 is 17.4 Å². The van der Waals surface area contributed by atoms with Crippen LogP contribution in [0.4, 0.5) is 0 Å². The monoisotopic (exact) mass is 550 g/mol. The Balaban J connectivity index is 0. The lowest BCUT2D eigenvalue weighted by Crippen LogP contribution is -2.13. The average molecular weight is 551 g/mol. The van der Waals surface area contributed by atoms with Gasteiger partial charge in [0.2, 0.25) is 0 Å². The highest BCUT2D eigenvalue weighted by molar-refractivity contribution is 7.84. The van der Waals surface area contributed by atoms with E-state index in [-0.39, 0.29) is 0 Å². The zero-order valence-electron chi connectivity index (χ0n) is 25.5. The van der Waals surface area contributed by atoms with Gasteiger partial charge in [-0.15, -0.1) is 0 Å². The highest BCUT2D eigenvalue weighted by Crippen LogP contribution is 2.61. The summed E-state index contributed by atoms with van der Waals surface area (Å²) >= 11 is 0. The molecule has 0 spiro atoms. The molecule has 0 fully saturated rings. The van der Waals surface area contributed by atoms with E-state index < -0.39 is 17.4 Å². The molecule has 0 atom stereocenters. The minimum Gasteiger partial charge on any atom is -0.748 e. The van der Waals surface area contributed by atoms with Crippen molar-refractivity contribution in [2.45, 2.75) is 169 Å². The predicted molar refractivity (Wildman–Crippen MR) is 166 cm³/mol. The van der Waals surface area contributed by atoms with Gasteiger partial charge in [-0.2, -0.15) is 0 Å². The van der Waals surface area contributed by atoms with Gasteiger partial charge in [0, 0.05) is 13.5 Å². The van der Waals surface area contributed by atoms with Crippen molar-refractivity contribution in [3.8, 4) is 0 Å². The quantitative estimate of drug-likeness (QED) is 0.0611. The Morgan fingerprint density at radius 3 is 0.861 bits per heavy atom. The number of unbranched alkanes of at least 4 members (excludes halogenated alkanes) is 18. The highest BCUT2D eigenvalue weighted by Gasteiger charge is 2.34. The molecule has 0 saturated carbocycles. The van der Waals surface area contributed by atoms with Gasteiger partial charge in [-0.1, -0.05) is 137 Å². The Labute approximate surface area is 229 Å². The van der Waals surface area contributed by atoms with Gasteiger partial charge in [-0.25, -0.2) is 8.42 Å². The molecule has 0 rings (SSSR count). The average Bonchev–Trinajstić information content (AvgIpc) is 2.83. The van der Waals surface area contributed by atoms with Gasteiger partial charge in [0.1, 0.15) is 0 Å². The predicted octanol–water partition coefficient (Wildman–Crippen LogP) is 10.8. The SMILES string of the molecule is CCCCCCCCCCCCCCCCCC[P+](CCCC)(CCCC)CCCC.CS(=O)(=O)[O-]. The summed E-state index contributed by atoms with van der Waals surface area (Å²) in [7, 11) is -4.55. The third-order valence-corrected chi connectivity index (χ3v) is 12.5. The van der Waals surface area contributed by atoms with Crippen molar-refractivity contribution in [2.75, 3.05) is 30.9 Å². The van der Waals surface area contributed by atoms with Crippen LogP contribution in [0.15, 0.2) is 0 Å². The van der Waals surface area contributed by atoms with Crippen LogP contribution in [0.3, 0.4) is 0 Å². The van der Waals surface area contributed by atoms with Gasteiger partial charge >= 0.3 is 0 Å². The van der Waals surface area contributed by atoms with Crippen molar-refractivity contribution in [2.24, 2.45) is 0 Å². The van der Waals surface area contributed by atoms with Crippen LogP contribution >= 0.6 is 7.26 Å². The molecule has 5 heteroatoms. The Kier molecular flexibility index (Phi) is 30.3. The lowest BCUT2D eigenvalue weighted by molar-refractivity contribution is 0.470. The first kappa shape index (κ1) is 38.5. The first-order valence-corrected chi connectivity index (χ1v) is 20.3. The zero-order chi connectivity index (χ0) is 27.4. The van der Waals surface area contributed by atoms with Gasteiger partial charge in [0.15, 0.2) is 0 Å². The molecule has 0 unspecified atom stereocenters. The van der Waals surface area contributed by atoms with Crippen LogP contribution in [-0.2, 0) is 10.1 Å². The first-order chi connectivity index (χ1) is 17.2. The molecular weight excluding hydrogens is 483 g/mol. The third kappa shape index (κ3) is 32.4. The standard InChI is InChI=1S/C30H64P.CH4O3S/c1-5-9-13-14-15-16-17-18-19-20-21-22-23-24-25-26-30-31(27-10-6-2,28-11-7-3)29-12-8-4;1-5(2,3)4/h5-30H2,1-4H3;1H3,(H,2,3,4)/q+1;/p-1. The summed E-state index contributed by atoms with van der Waals surface area (Å²) in [6.07, 6.45) is 39.6. The van der Waals surface area contributed by atoms with E-state index >= 15 is 0 Å². The number of hydrogen-bond acceptors (Lipinski definition) is 3. The summed E-state index contributed by atoms with van der Waals surface area (Å²) in [6, 6.07) is 0. The Morgan fingerprint density at radius 2 is 0.611 bits per heavy atom. The van der Waals surface area contributed by atoms with Crippen LogP contribution in [0, 0.1) is 0 Å². The molecule has 220 valence electrons. The van der Waals surface area contributed by atoms with E-state index in [0.717, 1.165) is 0 Å². The second kappa shape index (κ2) is 28.4. The molecule has 0 aromatic carbocycles. The Hall–Kier alpha value is 0.340. The summed E-state index contributed by atoms with van der Waals surface area (Å²) in [5.41, 5.74) is 0. The molecule has 36 heavy (non-hydrogen) atoms. The smallest absolute Gasteiger partial charge is 0.0916 e. The minimum absolute atomic E-state index is 0.604. The van der Waals surface area contributed by atoms with Gasteiger partial charge in [0.25, 0.3) is 0 Å². The molecule has 0 aromatic heterocycles. The summed E-state index contributed by atoms with van der Waals surface area (Å²) in [5.74, 6) is 0. The Bertz CT molecular complexity index is 492. The first-order valence-electron chi connectivity index (χ1n) is 16.0. The molecule has 0 bridgehead atoms. The van der Waals surface area contributed by atoms with E-state index in [9.17, 15) is 0 Å². The fraction of sp³-hybridized carbons (Fsp3) is 1.00. The molecule has 0 radical (unpaired) electrons. The lowest BCUT2D eigenvalue weighted by atomic mass is 10.0. The third-order valence-electron chi connectivity index (χ3n) is 7.44. The van der Waals surface area contributed by atoms with Crippen LogP contribution < -0.4 is 0 Å². The molecular formula is C31H67O3PS. The molecule has 0 aromatic rings. The van der Waals surface area contributed by atoms with E-state index in [1.54, 1.807) is 31.1 Å². The van der Waals surface area contributed by atoms with Crippen LogP contribution in [0.5, 0.6) is 0 Å². The normalized spacial score (nSPS) is 11.9. The van der Waals surface area contributed by atoms with E-state index in [1.165, 1.54) is 135 Å². The molecule has 0 N–H and O–H groups in total. The zero-order valence-corrected chi connectivity index (χ0v) is 27.2. The minimum atomic E-state index is -3.92. The van der Waals surface area contributed by atoms with Gasteiger partial charge in [-0.3, -0.25) is 0 Å². The maximum Gasteiger partial charge on any atom is 0.0916 e. The highest BCUT2D eigenvalue weighted by atomic mass is 32.2.